The SMILES string of the molecule is Cc1cccc2c1OC1(CCNCC1)CC2N(C)C. The van der Waals surface area contributed by atoms with Crippen molar-refractivity contribution >= 4 is 0 Å². The van der Waals surface area contributed by atoms with E-state index in [0.29, 0.717) is 6.04 Å². The van der Waals surface area contributed by atoms with E-state index < -0.39 is 0 Å². The van der Waals surface area contributed by atoms with Crippen molar-refractivity contribution in [2.75, 3.05) is 27.2 Å². The molecule has 3 rings (SSSR count). The van der Waals surface area contributed by atoms with Crippen LogP contribution in [0.25, 0.3) is 0 Å². The minimum Gasteiger partial charge on any atom is -0.486 e. The third-order valence-electron chi connectivity index (χ3n) is 4.62. The Kier molecular flexibility index (Phi) is 3.27. The van der Waals surface area contributed by atoms with Gasteiger partial charge in [-0.05, 0) is 52.5 Å². The van der Waals surface area contributed by atoms with Gasteiger partial charge >= 0.3 is 0 Å². The highest BCUT2D eigenvalue weighted by Gasteiger charge is 2.42. The average molecular weight is 260 g/mol. The molecular formula is C16H24N2O. The molecule has 1 N–H and O–H groups in total. The van der Waals surface area contributed by atoms with Gasteiger partial charge in [0.2, 0.25) is 0 Å². The molecule has 0 saturated carbocycles. The molecular weight excluding hydrogens is 236 g/mol. The lowest BCUT2D eigenvalue weighted by Crippen LogP contribution is -2.50. The van der Waals surface area contributed by atoms with Gasteiger partial charge in [0.05, 0.1) is 0 Å². The van der Waals surface area contributed by atoms with Gasteiger partial charge in [-0.1, -0.05) is 18.2 Å². The highest BCUT2D eigenvalue weighted by atomic mass is 16.5. The molecule has 1 saturated heterocycles. The Morgan fingerprint density at radius 3 is 2.68 bits per heavy atom. The number of hydrogen-bond acceptors (Lipinski definition) is 3. The van der Waals surface area contributed by atoms with Crippen molar-refractivity contribution < 1.29 is 4.74 Å². The van der Waals surface area contributed by atoms with Gasteiger partial charge in [-0.25, -0.2) is 0 Å². The maximum Gasteiger partial charge on any atom is 0.127 e. The highest BCUT2D eigenvalue weighted by molar-refractivity contribution is 5.45. The molecule has 0 radical (unpaired) electrons. The molecule has 1 aromatic rings. The van der Waals surface area contributed by atoms with E-state index >= 15 is 0 Å². The standard InChI is InChI=1S/C16H24N2O/c1-12-5-4-6-13-14(18(2)3)11-16(19-15(12)13)7-9-17-10-8-16/h4-6,14,17H,7-11H2,1-3H3. The van der Waals surface area contributed by atoms with Crippen LogP contribution < -0.4 is 10.1 Å². The first-order valence-corrected chi connectivity index (χ1v) is 7.27. The molecule has 3 nitrogen and oxygen atoms in total. The summed E-state index contributed by atoms with van der Waals surface area (Å²) in [6.07, 6.45) is 3.34. The van der Waals surface area contributed by atoms with Crippen molar-refractivity contribution in [2.24, 2.45) is 0 Å². The number of rotatable bonds is 1. The van der Waals surface area contributed by atoms with Gasteiger partial charge < -0.3 is 15.0 Å². The van der Waals surface area contributed by atoms with Crippen molar-refractivity contribution in [2.45, 2.75) is 37.8 Å². The molecule has 0 aromatic heterocycles. The number of ether oxygens (including phenoxy) is 1. The molecule has 2 aliphatic heterocycles. The lowest BCUT2D eigenvalue weighted by Gasteiger charge is -2.46. The van der Waals surface area contributed by atoms with Gasteiger partial charge in [-0.3, -0.25) is 0 Å². The number of hydrogen-bond donors (Lipinski definition) is 1. The number of fused-ring (bicyclic) bond motifs is 1. The molecule has 0 bridgehead atoms. The van der Waals surface area contributed by atoms with E-state index in [1.54, 1.807) is 0 Å². The number of aryl methyl sites for hydroxylation is 1. The van der Waals surface area contributed by atoms with Crippen LogP contribution in [0.5, 0.6) is 5.75 Å². The molecule has 2 heterocycles. The monoisotopic (exact) mass is 260 g/mol. The second kappa shape index (κ2) is 4.80. The maximum atomic E-state index is 6.50. The predicted molar refractivity (Wildman–Crippen MR) is 77.7 cm³/mol. The largest absolute Gasteiger partial charge is 0.486 e. The van der Waals surface area contributed by atoms with Crippen molar-refractivity contribution in [3.05, 3.63) is 29.3 Å². The number of nitrogens with one attached hydrogen (secondary N) is 1. The van der Waals surface area contributed by atoms with E-state index in [-0.39, 0.29) is 5.60 Å². The summed E-state index contributed by atoms with van der Waals surface area (Å²) in [5.41, 5.74) is 2.66. The smallest absolute Gasteiger partial charge is 0.127 e. The van der Waals surface area contributed by atoms with Crippen molar-refractivity contribution in [1.29, 1.82) is 0 Å². The predicted octanol–water partition coefficient (Wildman–Crippen LogP) is 2.50. The molecule has 0 amide bonds. The lowest BCUT2D eigenvalue weighted by molar-refractivity contribution is -0.0124. The summed E-state index contributed by atoms with van der Waals surface area (Å²) in [6.45, 7) is 4.30. The zero-order chi connectivity index (χ0) is 13.5. The number of benzene rings is 1. The van der Waals surface area contributed by atoms with Gasteiger partial charge in [0.25, 0.3) is 0 Å². The lowest BCUT2D eigenvalue weighted by atomic mass is 9.80. The highest BCUT2D eigenvalue weighted by Crippen LogP contribution is 2.46. The first-order chi connectivity index (χ1) is 9.11. The molecule has 1 fully saturated rings. The van der Waals surface area contributed by atoms with E-state index in [2.05, 4.69) is 49.4 Å². The number of piperidine rings is 1. The Morgan fingerprint density at radius 2 is 2.00 bits per heavy atom. The van der Waals surface area contributed by atoms with Crippen LogP contribution in [-0.4, -0.2) is 37.7 Å². The fraction of sp³-hybridized carbons (Fsp3) is 0.625. The summed E-state index contributed by atoms with van der Waals surface area (Å²) < 4.78 is 6.50. The molecule has 0 aliphatic carbocycles. The summed E-state index contributed by atoms with van der Waals surface area (Å²) in [6, 6.07) is 7.00. The Morgan fingerprint density at radius 1 is 1.26 bits per heavy atom. The molecule has 1 unspecified atom stereocenters. The van der Waals surface area contributed by atoms with Gasteiger partial charge in [-0.2, -0.15) is 0 Å². The molecule has 2 aliphatic rings. The zero-order valence-electron chi connectivity index (χ0n) is 12.2. The molecule has 1 atom stereocenters. The van der Waals surface area contributed by atoms with E-state index in [4.69, 9.17) is 4.74 Å². The maximum absolute atomic E-state index is 6.50. The molecule has 104 valence electrons. The molecule has 19 heavy (non-hydrogen) atoms. The van der Waals surface area contributed by atoms with E-state index in [1.807, 2.05) is 0 Å². The van der Waals surface area contributed by atoms with Crippen LogP contribution in [0.4, 0.5) is 0 Å². The number of para-hydroxylation sites is 1. The average Bonchev–Trinajstić information content (AvgIpc) is 2.40. The van der Waals surface area contributed by atoms with Crippen LogP contribution in [0.3, 0.4) is 0 Å². The Labute approximate surface area is 115 Å². The molecule has 3 heteroatoms. The minimum absolute atomic E-state index is 0.0410. The Hall–Kier alpha value is -1.06. The fourth-order valence-electron chi connectivity index (χ4n) is 3.45. The van der Waals surface area contributed by atoms with E-state index in [1.165, 1.54) is 11.1 Å². The van der Waals surface area contributed by atoms with Gasteiger partial charge in [-0.15, -0.1) is 0 Å². The second-order valence-electron chi connectivity index (χ2n) is 6.21. The van der Waals surface area contributed by atoms with Gasteiger partial charge in [0.15, 0.2) is 0 Å². The summed E-state index contributed by atoms with van der Waals surface area (Å²) in [4.78, 5) is 2.34. The minimum atomic E-state index is 0.0410. The third kappa shape index (κ3) is 2.26. The first kappa shape index (κ1) is 12.9. The third-order valence-corrected chi connectivity index (χ3v) is 4.62. The van der Waals surface area contributed by atoms with E-state index in [0.717, 1.165) is 38.1 Å². The summed E-state index contributed by atoms with van der Waals surface area (Å²) in [5.74, 6) is 1.13. The van der Waals surface area contributed by atoms with Crippen LogP contribution in [0.1, 0.15) is 36.4 Å². The zero-order valence-corrected chi connectivity index (χ0v) is 12.2. The molecule has 1 spiro atoms. The van der Waals surface area contributed by atoms with Crippen molar-refractivity contribution in [1.82, 2.24) is 10.2 Å². The first-order valence-electron chi connectivity index (χ1n) is 7.27. The molecule has 1 aromatic carbocycles. The quantitative estimate of drug-likeness (QED) is 0.839. The fourth-order valence-corrected chi connectivity index (χ4v) is 3.45. The van der Waals surface area contributed by atoms with Gasteiger partial charge in [0.1, 0.15) is 11.4 Å². The summed E-state index contributed by atoms with van der Waals surface area (Å²) >= 11 is 0. The Bertz CT molecular complexity index is 464. The summed E-state index contributed by atoms with van der Waals surface area (Å²) in [5, 5.41) is 3.45. The van der Waals surface area contributed by atoms with Crippen molar-refractivity contribution in [3.8, 4) is 5.75 Å². The van der Waals surface area contributed by atoms with Crippen LogP contribution in [0.15, 0.2) is 18.2 Å². The number of nitrogens with zero attached hydrogens (tertiary/aromatic N) is 1. The van der Waals surface area contributed by atoms with Crippen LogP contribution >= 0.6 is 0 Å². The topological polar surface area (TPSA) is 24.5 Å². The van der Waals surface area contributed by atoms with Crippen LogP contribution in [0.2, 0.25) is 0 Å². The normalized spacial score (nSPS) is 25.2. The Balaban J connectivity index is 2.02. The second-order valence-corrected chi connectivity index (χ2v) is 6.21. The van der Waals surface area contributed by atoms with Crippen LogP contribution in [0, 0.1) is 6.92 Å². The summed E-state index contributed by atoms with van der Waals surface area (Å²) in [7, 11) is 4.35. The van der Waals surface area contributed by atoms with E-state index in [9.17, 15) is 0 Å². The van der Waals surface area contributed by atoms with Crippen molar-refractivity contribution in [3.63, 3.8) is 0 Å². The van der Waals surface area contributed by atoms with Gasteiger partial charge in [0, 0.05) is 18.0 Å². The van der Waals surface area contributed by atoms with Crippen LogP contribution in [-0.2, 0) is 0 Å².